The molecule has 27 heavy (non-hydrogen) atoms. The first-order valence-electron chi connectivity index (χ1n) is 8.68. The van der Waals surface area contributed by atoms with E-state index in [0.717, 1.165) is 12.2 Å². The topological polar surface area (TPSA) is 92.3 Å². The van der Waals surface area contributed by atoms with Crippen LogP contribution in [0, 0.1) is 0 Å². The van der Waals surface area contributed by atoms with Crippen molar-refractivity contribution in [1.29, 1.82) is 0 Å². The zero-order chi connectivity index (χ0) is 19.0. The number of benzene rings is 1. The Morgan fingerprint density at radius 3 is 2.56 bits per heavy atom. The van der Waals surface area contributed by atoms with Crippen LogP contribution in [0.4, 0.5) is 5.69 Å². The van der Waals surface area contributed by atoms with Gasteiger partial charge in [0.15, 0.2) is 27.3 Å². The zero-order valence-corrected chi connectivity index (χ0v) is 19.2. The van der Waals surface area contributed by atoms with Gasteiger partial charge >= 0.3 is 0 Å². The molecule has 2 N–H and O–H groups in total. The van der Waals surface area contributed by atoms with Crippen LogP contribution in [0.1, 0.15) is 6.92 Å². The molecule has 0 atom stereocenters. The second-order valence-electron chi connectivity index (χ2n) is 5.92. The molecule has 0 aromatic heterocycles. The molecule has 0 amide bonds. The minimum absolute atomic E-state index is 0. The van der Waals surface area contributed by atoms with Crippen LogP contribution in [-0.2, 0) is 9.84 Å². The molecule has 1 aliphatic rings. The summed E-state index contributed by atoms with van der Waals surface area (Å²) in [5, 5.41) is 6.46. The Hall–Kier alpha value is -1.27. The van der Waals surface area contributed by atoms with Crippen LogP contribution in [-0.4, -0.2) is 77.7 Å². The number of methoxy groups -OCH3 is 1. The Labute approximate surface area is 178 Å². The largest absolute Gasteiger partial charge is 0.493 e. The molecular formula is C17H29IN4O4S. The van der Waals surface area contributed by atoms with Crippen molar-refractivity contribution in [2.45, 2.75) is 6.92 Å². The molecule has 0 saturated carbocycles. The van der Waals surface area contributed by atoms with Crippen LogP contribution >= 0.6 is 24.0 Å². The third kappa shape index (κ3) is 7.70. The van der Waals surface area contributed by atoms with Gasteiger partial charge in [-0.25, -0.2) is 8.42 Å². The molecule has 1 saturated heterocycles. The van der Waals surface area contributed by atoms with E-state index in [-0.39, 0.29) is 35.5 Å². The van der Waals surface area contributed by atoms with E-state index in [9.17, 15) is 8.42 Å². The molecule has 8 nitrogen and oxygen atoms in total. The maximum Gasteiger partial charge on any atom is 0.195 e. The molecular weight excluding hydrogens is 483 g/mol. The lowest BCUT2D eigenvalue weighted by atomic mass is 10.2. The number of aliphatic imine (C=N–C) groups is 1. The van der Waals surface area contributed by atoms with Gasteiger partial charge in [-0.3, -0.25) is 9.89 Å². The number of hydrogen-bond acceptors (Lipinski definition) is 6. The molecule has 0 radical (unpaired) electrons. The first-order valence-corrected chi connectivity index (χ1v) is 10.5. The number of sulfone groups is 1. The number of ether oxygens (including phenoxy) is 2. The minimum atomic E-state index is -2.84. The van der Waals surface area contributed by atoms with Crippen molar-refractivity contribution in [2.75, 3.05) is 63.8 Å². The van der Waals surface area contributed by atoms with E-state index in [2.05, 4.69) is 20.5 Å². The summed E-state index contributed by atoms with van der Waals surface area (Å²) in [5.74, 6) is 2.48. The quantitative estimate of drug-likeness (QED) is 0.325. The second-order valence-corrected chi connectivity index (χ2v) is 8.22. The lowest BCUT2D eigenvalue weighted by molar-refractivity contribution is 0.300. The lowest BCUT2D eigenvalue weighted by Crippen LogP contribution is -2.44. The standard InChI is InChI=1S/C17H28N4O4S.HI/c1-4-25-16-13-14(5-6-15(16)24-3)20-17(18-2)19-7-8-21-9-11-26(22,23)12-10-21;/h5-6,13H,4,7-12H2,1-3H3,(H2,18,19,20);1H. The van der Waals surface area contributed by atoms with Gasteiger partial charge in [-0.2, -0.15) is 0 Å². The van der Waals surface area contributed by atoms with E-state index in [1.807, 2.05) is 25.1 Å². The molecule has 1 aromatic carbocycles. The SMILES string of the molecule is CCOc1cc(NC(=NC)NCCN2CCS(=O)(=O)CC2)ccc1OC.I. The highest BCUT2D eigenvalue weighted by molar-refractivity contribution is 14.0. The van der Waals surface area contributed by atoms with Crippen molar-refractivity contribution in [1.82, 2.24) is 10.2 Å². The molecule has 0 spiro atoms. The van der Waals surface area contributed by atoms with E-state index in [1.54, 1.807) is 14.2 Å². The number of rotatable bonds is 7. The highest BCUT2D eigenvalue weighted by Crippen LogP contribution is 2.30. The van der Waals surface area contributed by atoms with Crippen molar-refractivity contribution in [3.63, 3.8) is 0 Å². The maximum atomic E-state index is 11.5. The summed E-state index contributed by atoms with van der Waals surface area (Å²) in [6.45, 7) is 5.10. The fourth-order valence-electron chi connectivity index (χ4n) is 2.64. The van der Waals surface area contributed by atoms with Gasteiger partial charge in [0.25, 0.3) is 0 Å². The summed E-state index contributed by atoms with van der Waals surface area (Å²) in [6, 6.07) is 5.60. The maximum absolute atomic E-state index is 11.5. The van der Waals surface area contributed by atoms with E-state index >= 15 is 0 Å². The highest BCUT2D eigenvalue weighted by Gasteiger charge is 2.20. The van der Waals surface area contributed by atoms with Crippen LogP contribution in [0.2, 0.25) is 0 Å². The Kier molecular flexibility index (Phi) is 10.2. The number of guanidine groups is 1. The summed E-state index contributed by atoms with van der Waals surface area (Å²) in [7, 11) is 0.475. The summed E-state index contributed by atoms with van der Waals surface area (Å²) in [5.41, 5.74) is 0.839. The molecule has 10 heteroatoms. The third-order valence-electron chi connectivity index (χ3n) is 4.11. The summed E-state index contributed by atoms with van der Waals surface area (Å²) >= 11 is 0. The molecule has 1 heterocycles. The average Bonchev–Trinajstić information content (AvgIpc) is 2.62. The van der Waals surface area contributed by atoms with Crippen molar-refractivity contribution in [3.05, 3.63) is 18.2 Å². The van der Waals surface area contributed by atoms with Gasteiger partial charge in [0.05, 0.1) is 25.2 Å². The smallest absolute Gasteiger partial charge is 0.195 e. The molecule has 0 unspecified atom stereocenters. The first-order chi connectivity index (χ1) is 12.5. The summed E-state index contributed by atoms with van der Waals surface area (Å²) in [6.07, 6.45) is 0. The summed E-state index contributed by atoms with van der Waals surface area (Å²) in [4.78, 5) is 6.36. The first kappa shape index (κ1) is 23.8. The molecule has 1 aromatic rings. The minimum Gasteiger partial charge on any atom is -0.493 e. The van der Waals surface area contributed by atoms with E-state index in [0.29, 0.717) is 43.7 Å². The van der Waals surface area contributed by atoms with Crippen molar-refractivity contribution >= 4 is 45.5 Å². The molecule has 1 aliphatic heterocycles. The van der Waals surface area contributed by atoms with Crippen LogP contribution < -0.4 is 20.1 Å². The second kappa shape index (κ2) is 11.5. The predicted molar refractivity (Wildman–Crippen MR) is 120 cm³/mol. The van der Waals surface area contributed by atoms with Gasteiger partial charge in [0.1, 0.15) is 0 Å². The molecule has 2 rings (SSSR count). The van der Waals surface area contributed by atoms with Gasteiger partial charge in [0, 0.05) is 45.0 Å². The van der Waals surface area contributed by atoms with Gasteiger partial charge < -0.3 is 20.1 Å². The van der Waals surface area contributed by atoms with Gasteiger partial charge in [0.2, 0.25) is 0 Å². The van der Waals surface area contributed by atoms with Crippen LogP contribution in [0.15, 0.2) is 23.2 Å². The number of anilines is 1. The Bertz CT molecular complexity index is 714. The molecule has 0 aliphatic carbocycles. The van der Waals surface area contributed by atoms with Crippen LogP contribution in [0.25, 0.3) is 0 Å². The monoisotopic (exact) mass is 512 g/mol. The van der Waals surface area contributed by atoms with Crippen molar-refractivity contribution in [3.8, 4) is 11.5 Å². The molecule has 1 fully saturated rings. The van der Waals surface area contributed by atoms with Gasteiger partial charge in [-0.1, -0.05) is 0 Å². The molecule has 0 bridgehead atoms. The molecule has 154 valence electrons. The van der Waals surface area contributed by atoms with E-state index < -0.39 is 9.84 Å². The Morgan fingerprint density at radius 1 is 1.26 bits per heavy atom. The lowest BCUT2D eigenvalue weighted by Gasteiger charge is -2.26. The zero-order valence-electron chi connectivity index (χ0n) is 16.0. The predicted octanol–water partition coefficient (Wildman–Crippen LogP) is 1.43. The fourth-order valence-corrected chi connectivity index (χ4v) is 3.92. The van der Waals surface area contributed by atoms with E-state index in [4.69, 9.17) is 9.47 Å². The number of nitrogens with zero attached hydrogens (tertiary/aromatic N) is 2. The Balaban J connectivity index is 0.00000364. The summed E-state index contributed by atoms with van der Waals surface area (Å²) < 4.78 is 33.8. The fraction of sp³-hybridized carbons (Fsp3) is 0.588. The number of nitrogens with one attached hydrogen (secondary N) is 2. The number of hydrogen-bond donors (Lipinski definition) is 2. The van der Waals surface area contributed by atoms with Gasteiger partial charge in [-0.05, 0) is 19.1 Å². The Morgan fingerprint density at radius 2 is 1.96 bits per heavy atom. The number of halogens is 1. The highest BCUT2D eigenvalue weighted by atomic mass is 127. The van der Waals surface area contributed by atoms with Gasteiger partial charge in [-0.15, -0.1) is 24.0 Å². The van der Waals surface area contributed by atoms with Crippen molar-refractivity contribution in [2.24, 2.45) is 4.99 Å². The van der Waals surface area contributed by atoms with Crippen LogP contribution in [0.3, 0.4) is 0 Å². The third-order valence-corrected chi connectivity index (χ3v) is 5.72. The van der Waals surface area contributed by atoms with E-state index in [1.165, 1.54) is 0 Å². The normalized spacial score (nSPS) is 16.9. The van der Waals surface area contributed by atoms with Crippen molar-refractivity contribution < 1.29 is 17.9 Å². The van der Waals surface area contributed by atoms with Crippen LogP contribution in [0.5, 0.6) is 11.5 Å². The average molecular weight is 512 g/mol.